The van der Waals surface area contributed by atoms with Gasteiger partial charge >= 0.3 is 0 Å². The molecule has 0 bridgehead atoms. The van der Waals surface area contributed by atoms with E-state index >= 15 is 0 Å². The van der Waals surface area contributed by atoms with Crippen molar-refractivity contribution in [2.75, 3.05) is 0 Å². The zero-order valence-electron chi connectivity index (χ0n) is 7.81. The predicted octanol–water partition coefficient (Wildman–Crippen LogP) is 3.13. The van der Waals surface area contributed by atoms with Crippen molar-refractivity contribution in [2.45, 2.75) is 64.6 Å². The van der Waals surface area contributed by atoms with Gasteiger partial charge in [0.25, 0.3) is 0 Å². The van der Waals surface area contributed by atoms with Crippen LogP contribution in [0.1, 0.15) is 52.4 Å². The number of unbranched alkanes of at least 4 members (excludes halogenated alkanes) is 2. The van der Waals surface area contributed by atoms with Crippen LogP contribution in [0, 0.1) is 0 Å². The molecule has 0 aromatic rings. The van der Waals surface area contributed by atoms with Crippen LogP contribution in [0.25, 0.3) is 0 Å². The van der Waals surface area contributed by atoms with Crippen molar-refractivity contribution >= 4 is 0 Å². The van der Waals surface area contributed by atoms with E-state index < -0.39 is 0 Å². The molecule has 0 radical (unpaired) electrons. The van der Waals surface area contributed by atoms with Gasteiger partial charge in [-0.05, 0) is 12.8 Å². The van der Waals surface area contributed by atoms with E-state index in [1.807, 2.05) is 0 Å². The Morgan fingerprint density at radius 2 is 1.64 bits per heavy atom. The smallest absolute Gasteiger partial charge is 0.0841 e. The van der Waals surface area contributed by atoms with Crippen LogP contribution >= 0.6 is 0 Å². The lowest BCUT2D eigenvalue weighted by molar-refractivity contribution is 0.351. The summed E-state index contributed by atoms with van der Waals surface area (Å²) < 4.78 is 5.50. The molecule has 0 amide bonds. The highest BCUT2D eigenvalue weighted by atomic mass is 16.6. The molecule has 0 aromatic heterocycles. The van der Waals surface area contributed by atoms with Crippen LogP contribution in [0.4, 0.5) is 0 Å². The van der Waals surface area contributed by atoms with Crippen LogP contribution in [-0.2, 0) is 4.74 Å². The van der Waals surface area contributed by atoms with Gasteiger partial charge in [0.05, 0.1) is 12.2 Å². The van der Waals surface area contributed by atoms with Gasteiger partial charge in [0.15, 0.2) is 0 Å². The topological polar surface area (TPSA) is 12.5 Å². The molecule has 1 heterocycles. The third kappa shape index (κ3) is 3.24. The lowest BCUT2D eigenvalue weighted by Crippen LogP contribution is -1.92. The van der Waals surface area contributed by atoms with E-state index in [9.17, 15) is 0 Å². The Labute approximate surface area is 70.1 Å². The Hall–Kier alpha value is -0.0400. The largest absolute Gasteiger partial charge is 0.370 e. The van der Waals surface area contributed by atoms with Crippen molar-refractivity contribution < 1.29 is 4.74 Å². The van der Waals surface area contributed by atoms with Gasteiger partial charge in [0.2, 0.25) is 0 Å². The van der Waals surface area contributed by atoms with E-state index in [1.54, 1.807) is 0 Å². The van der Waals surface area contributed by atoms with Gasteiger partial charge in [-0.1, -0.05) is 39.5 Å². The molecule has 0 aromatic carbocycles. The van der Waals surface area contributed by atoms with Crippen LogP contribution in [0.2, 0.25) is 0 Å². The van der Waals surface area contributed by atoms with Crippen LogP contribution in [0.3, 0.4) is 0 Å². The maximum atomic E-state index is 5.50. The second-order valence-corrected chi connectivity index (χ2v) is 3.50. The minimum Gasteiger partial charge on any atom is -0.370 e. The highest BCUT2D eigenvalue weighted by molar-refractivity contribution is 4.83. The highest BCUT2D eigenvalue weighted by Gasteiger charge is 2.36. The van der Waals surface area contributed by atoms with Crippen LogP contribution in [-0.4, -0.2) is 12.2 Å². The number of ether oxygens (including phenoxy) is 1. The molecule has 2 unspecified atom stereocenters. The molecule has 1 nitrogen and oxygen atoms in total. The second kappa shape index (κ2) is 4.76. The molecule has 1 saturated heterocycles. The van der Waals surface area contributed by atoms with E-state index in [1.165, 1.54) is 38.5 Å². The van der Waals surface area contributed by atoms with Gasteiger partial charge in [-0.3, -0.25) is 0 Å². The minimum atomic E-state index is 0.636. The molecule has 1 aliphatic heterocycles. The average Bonchev–Trinajstić information content (AvgIpc) is 2.70. The van der Waals surface area contributed by atoms with E-state index in [-0.39, 0.29) is 0 Å². The van der Waals surface area contributed by atoms with E-state index in [0.717, 1.165) is 0 Å². The summed E-state index contributed by atoms with van der Waals surface area (Å²) in [7, 11) is 0. The average molecular weight is 156 g/mol. The molecule has 0 aliphatic carbocycles. The first kappa shape index (κ1) is 9.05. The van der Waals surface area contributed by atoms with E-state index in [2.05, 4.69) is 13.8 Å². The van der Waals surface area contributed by atoms with Crippen LogP contribution in [0.15, 0.2) is 0 Å². The number of hydrogen-bond acceptors (Lipinski definition) is 1. The zero-order valence-corrected chi connectivity index (χ0v) is 7.81. The first-order valence-corrected chi connectivity index (χ1v) is 5.04. The Balaban J connectivity index is 1.87. The predicted molar refractivity (Wildman–Crippen MR) is 47.7 cm³/mol. The molecule has 1 fully saturated rings. The lowest BCUT2D eigenvalue weighted by atomic mass is 10.1. The molecule has 0 N–H and O–H groups in total. The molecule has 0 spiro atoms. The van der Waals surface area contributed by atoms with Gasteiger partial charge in [0, 0.05) is 0 Å². The summed E-state index contributed by atoms with van der Waals surface area (Å²) in [4.78, 5) is 0. The third-order valence-corrected chi connectivity index (χ3v) is 2.35. The van der Waals surface area contributed by atoms with Gasteiger partial charge < -0.3 is 4.74 Å². The van der Waals surface area contributed by atoms with Crippen LogP contribution in [0.5, 0.6) is 0 Å². The molecular formula is C10H20O. The fourth-order valence-electron chi connectivity index (χ4n) is 1.57. The zero-order chi connectivity index (χ0) is 8.10. The van der Waals surface area contributed by atoms with E-state index in [4.69, 9.17) is 4.74 Å². The number of hydrogen-bond donors (Lipinski definition) is 0. The number of rotatable bonds is 6. The lowest BCUT2D eigenvalue weighted by Gasteiger charge is -1.93. The molecule has 2 atom stereocenters. The first-order chi connectivity index (χ1) is 5.38. The van der Waals surface area contributed by atoms with Crippen molar-refractivity contribution in [3.05, 3.63) is 0 Å². The fourth-order valence-corrected chi connectivity index (χ4v) is 1.57. The van der Waals surface area contributed by atoms with Crippen molar-refractivity contribution in [3.8, 4) is 0 Å². The minimum absolute atomic E-state index is 0.636. The SMILES string of the molecule is CCCCCC1OC1CCC. The summed E-state index contributed by atoms with van der Waals surface area (Å²) in [6, 6.07) is 0. The summed E-state index contributed by atoms with van der Waals surface area (Å²) in [6.45, 7) is 4.47. The summed E-state index contributed by atoms with van der Waals surface area (Å²) in [6.07, 6.45) is 9.19. The molecule has 66 valence electrons. The van der Waals surface area contributed by atoms with Crippen molar-refractivity contribution in [1.29, 1.82) is 0 Å². The van der Waals surface area contributed by atoms with Gasteiger partial charge in [-0.25, -0.2) is 0 Å². The first-order valence-electron chi connectivity index (χ1n) is 5.04. The van der Waals surface area contributed by atoms with Gasteiger partial charge in [-0.15, -0.1) is 0 Å². The normalized spacial score (nSPS) is 28.9. The Bertz CT molecular complexity index is 101. The standard InChI is InChI=1S/C10H20O/c1-3-5-6-8-10-9(11-10)7-4-2/h9-10H,3-8H2,1-2H3. The Morgan fingerprint density at radius 1 is 0.909 bits per heavy atom. The monoisotopic (exact) mass is 156 g/mol. The summed E-state index contributed by atoms with van der Waals surface area (Å²) in [5.74, 6) is 0. The fraction of sp³-hybridized carbons (Fsp3) is 1.00. The number of epoxide rings is 1. The summed E-state index contributed by atoms with van der Waals surface area (Å²) >= 11 is 0. The molecule has 1 aliphatic rings. The molecule has 1 heteroatoms. The van der Waals surface area contributed by atoms with Crippen molar-refractivity contribution in [1.82, 2.24) is 0 Å². The quantitative estimate of drug-likeness (QED) is 0.425. The maximum absolute atomic E-state index is 5.50. The maximum Gasteiger partial charge on any atom is 0.0841 e. The van der Waals surface area contributed by atoms with Gasteiger partial charge in [-0.2, -0.15) is 0 Å². The molecular weight excluding hydrogens is 136 g/mol. The third-order valence-electron chi connectivity index (χ3n) is 2.35. The summed E-state index contributed by atoms with van der Waals surface area (Å²) in [5.41, 5.74) is 0. The van der Waals surface area contributed by atoms with Crippen LogP contribution < -0.4 is 0 Å². The second-order valence-electron chi connectivity index (χ2n) is 3.50. The van der Waals surface area contributed by atoms with Crippen molar-refractivity contribution in [2.24, 2.45) is 0 Å². The van der Waals surface area contributed by atoms with Crippen molar-refractivity contribution in [3.63, 3.8) is 0 Å². The summed E-state index contributed by atoms with van der Waals surface area (Å²) in [5, 5.41) is 0. The molecule has 0 saturated carbocycles. The Morgan fingerprint density at radius 3 is 2.27 bits per heavy atom. The van der Waals surface area contributed by atoms with Gasteiger partial charge in [0.1, 0.15) is 0 Å². The molecule has 1 rings (SSSR count). The highest BCUT2D eigenvalue weighted by Crippen LogP contribution is 2.30. The van der Waals surface area contributed by atoms with E-state index in [0.29, 0.717) is 12.2 Å². The Kier molecular flexibility index (Phi) is 3.92. The molecule has 11 heavy (non-hydrogen) atoms.